The molecule has 1 amide bonds. The molecule has 1 N–H and O–H groups in total. The molecule has 2 saturated heterocycles. The molecule has 3 aliphatic heterocycles. The van der Waals surface area contributed by atoms with E-state index in [1.807, 2.05) is 4.90 Å². The van der Waals surface area contributed by atoms with Crippen LogP contribution in [0.3, 0.4) is 0 Å². The Hall–Kier alpha value is -1.44. The van der Waals surface area contributed by atoms with Gasteiger partial charge in [0.05, 0.1) is 38.0 Å². The zero-order valence-electron chi connectivity index (χ0n) is 14.3. The molecule has 7 nitrogen and oxygen atoms in total. The monoisotopic (exact) mass is 334 g/mol. The molecule has 4 heterocycles. The van der Waals surface area contributed by atoms with Crippen molar-refractivity contribution in [3.63, 3.8) is 0 Å². The van der Waals surface area contributed by atoms with E-state index >= 15 is 0 Å². The predicted molar refractivity (Wildman–Crippen MR) is 87.3 cm³/mol. The third-order valence-electron chi connectivity index (χ3n) is 5.48. The van der Waals surface area contributed by atoms with Gasteiger partial charge in [-0.25, -0.2) is 0 Å². The second kappa shape index (κ2) is 6.82. The summed E-state index contributed by atoms with van der Waals surface area (Å²) in [7, 11) is 0. The van der Waals surface area contributed by atoms with Crippen LogP contribution in [0.4, 0.5) is 0 Å². The molecule has 2 fully saturated rings. The summed E-state index contributed by atoms with van der Waals surface area (Å²) in [6.45, 7) is 8.96. The summed E-state index contributed by atoms with van der Waals surface area (Å²) < 4.78 is 10.9. The SMILES string of the molecule is C[C@@H]1CN(Cc2n[nH]c3c2COCC3)C[C@H]1C(=O)N1CCOCC1. The molecule has 24 heavy (non-hydrogen) atoms. The molecule has 0 aromatic carbocycles. The highest BCUT2D eigenvalue weighted by Gasteiger charge is 2.37. The smallest absolute Gasteiger partial charge is 0.227 e. The molecule has 4 rings (SSSR count). The molecule has 0 spiro atoms. The minimum Gasteiger partial charge on any atom is -0.378 e. The van der Waals surface area contributed by atoms with Crippen LogP contribution in [0.2, 0.25) is 0 Å². The molecule has 1 aromatic heterocycles. The maximum absolute atomic E-state index is 12.8. The first kappa shape index (κ1) is 16.1. The average Bonchev–Trinajstić information content (AvgIpc) is 3.19. The van der Waals surface area contributed by atoms with E-state index in [4.69, 9.17) is 9.47 Å². The summed E-state index contributed by atoms with van der Waals surface area (Å²) in [5.41, 5.74) is 3.51. The number of aromatic amines is 1. The number of rotatable bonds is 3. The van der Waals surface area contributed by atoms with Gasteiger partial charge in [-0.3, -0.25) is 14.8 Å². The van der Waals surface area contributed by atoms with Gasteiger partial charge < -0.3 is 14.4 Å². The Kier molecular flexibility index (Phi) is 4.56. The molecular formula is C17H26N4O3. The molecule has 1 aromatic rings. The molecule has 2 atom stereocenters. The van der Waals surface area contributed by atoms with E-state index in [0.717, 1.165) is 51.4 Å². The zero-order valence-corrected chi connectivity index (χ0v) is 14.3. The molecule has 0 bridgehead atoms. The Labute approximate surface area is 142 Å². The third-order valence-corrected chi connectivity index (χ3v) is 5.48. The number of aromatic nitrogens is 2. The zero-order chi connectivity index (χ0) is 16.5. The van der Waals surface area contributed by atoms with Gasteiger partial charge in [0.25, 0.3) is 0 Å². The predicted octanol–water partition coefficient (Wildman–Crippen LogP) is 0.409. The van der Waals surface area contributed by atoms with Crippen LogP contribution in [0.25, 0.3) is 0 Å². The number of hydrogen-bond acceptors (Lipinski definition) is 5. The van der Waals surface area contributed by atoms with Crippen molar-refractivity contribution in [2.75, 3.05) is 46.0 Å². The number of nitrogens with one attached hydrogen (secondary N) is 1. The average molecular weight is 334 g/mol. The van der Waals surface area contributed by atoms with Gasteiger partial charge in [0.15, 0.2) is 0 Å². The second-order valence-electron chi connectivity index (χ2n) is 7.15. The molecule has 0 radical (unpaired) electrons. The second-order valence-corrected chi connectivity index (χ2v) is 7.15. The van der Waals surface area contributed by atoms with Gasteiger partial charge >= 0.3 is 0 Å². The number of nitrogens with zero attached hydrogens (tertiary/aromatic N) is 3. The van der Waals surface area contributed by atoms with Crippen LogP contribution in [0.5, 0.6) is 0 Å². The van der Waals surface area contributed by atoms with Gasteiger partial charge in [-0.1, -0.05) is 6.92 Å². The standard InChI is InChI=1S/C17H26N4O3/c1-12-8-20(9-13(12)17(22)21-3-6-23-7-4-21)10-16-14-11-24-5-2-15(14)18-19-16/h12-13H,2-11H2,1H3,(H,18,19)/t12-,13-/m1/s1. The third kappa shape index (κ3) is 3.08. The molecule has 7 heteroatoms. The maximum Gasteiger partial charge on any atom is 0.227 e. The van der Waals surface area contributed by atoms with E-state index in [0.29, 0.717) is 31.6 Å². The van der Waals surface area contributed by atoms with Gasteiger partial charge in [-0.05, 0) is 5.92 Å². The summed E-state index contributed by atoms with van der Waals surface area (Å²) in [4.78, 5) is 17.1. The van der Waals surface area contributed by atoms with Crippen molar-refractivity contribution in [1.82, 2.24) is 20.0 Å². The highest BCUT2D eigenvalue weighted by atomic mass is 16.5. The van der Waals surface area contributed by atoms with Crippen LogP contribution < -0.4 is 0 Å². The first-order chi connectivity index (χ1) is 11.7. The van der Waals surface area contributed by atoms with Crippen molar-refractivity contribution in [2.24, 2.45) is 11.8 Å². The fourth-order valence-corrected chi connectivity index (χ4v) is 4.05. The quantitative estimate of drug-likeness (QED) is 0.867. The number of carbonyl (C=O) groups is 1. The van der Waals surface area contributed by atoms with Crippen molar-refractivity contribution >= 4 is 5.91 Å². The van der Waals surface area contributed by atoms with E-state index in [9.17, 15) is 4.79 Å². The molecule has 0 saturated carbocycles. The Morgan fingerprint density at radius 1 is 1.25 bits per heavy atom. The molecule has 132 valence electrons. The number of amides is 1. The Balaban J connectivity index is 1.39. The van der Waals surface area contributed by atoms with Gasteiger partial charge in [-0.2, -0.15) is 5.10 Å². The van der Waals surface area contributed by atoms with Crippen molar-refractivity contribution < 1.29 is 14.3 Å². The highest BCUT2D eigenvalue weighted by molar-refractivity contribution is 5.79. The summed E-state index contributed by atoms with van der Waals surface area (Å²) in [6, 6.07) is 0. The summed E-state index contributed by atoms with van der Waals surface area (Å²) >= 11 is 0. The summed E-state index contributed by atoms with van der Waals surface area (Å²) in [6.07, 6.45) is 0.914. The normalized spacial score (nSPS) is 28.1. The minimum absolute atomic E-state index is 0.0918. The van der Waals surface area contributed by atoms with E-state index in [2.05, 4.69) is 22.0 Å². The molecule has 3 aliphatic rings. The van der Waals surface area contributed by atoms with Gasteiger partial charge in [0, 0.05) is 50.4 Å². The topological polar surface area (TPSA) is 70.7 Å². The fourth-order valence-electron chi connectivity index (χ4n) is 4.05. The number of morpholine rings is 1. The molecule has 0 aliphatic carbocycles. The number of H-pyrrole nitrogens is 1. The van der Waals surface area contributed by atoms with Gasteiger partial charge in [0.2, 0.25) is 5.91 Å². The lowest BCUT2D eigenvalue weighted by atomic mass is 9.96. The summed E-state index contributed by atoms with van der Waals surface area (Å²) in [5.74, 6) is 0.765. The largest absolute Gasteiger partial charge is 0.378 e. The maximum atomic E-state index is 12.8. The van der Waals surface area contributed by atoms with Crippen LogP contribution in [0.15, 0.2) is 0 Å². The highest BCUT2D eigenvalue weighted by Crippen LogP contribution is 2.28. The number of fused-ring (bicyclic) bond motifs is 1. The van der Waals surface area contributed by atoms with Crippen molar-refractivity contribution in [3.05, 3.63) is 17.0 Å². The van der Waals surface area contributed by atoms with E-state index in [-0.39, 0.29) is 5.92 Å². The lowest BCUT2D eigenvalue weighted by molar-refractivity contribution is -0.140. The van der Waals surface area contributed by atoms with Crippen LogP contribution >= 0.6 is 0 Å². The van der Waals surface area contributed by atoms with Crippen molar-refractivity contribution in [1.29, 1.82) is 0 Å². The number of ether oxygens (including phenoxy) is 2. The van der Waals surface area contributed by atoms with E-state index < -0.39 is 0 Å². The molecule has 0 unspecified atom stereocenters. The first-order valence-electron chi connectivity index (χ1n) is 8.94. The van der Waals surface area contributed by atoms with Crippen LogP contribution in [-0.4, -0.2) is 71.9 Å². The first-order valence-corrected chi connectivity index (χ1v) is 8.94. The minimum atomic E-state index is 0.0918. The Bertz CT molecular complexity index is 597. The molecular weight excluding hydrogens is 308 g/mol. The van der Waals surface area contributed by atoms with E-state index in [1.54, 1.807) is 0 Å². The Morgan fingerprint density at radius 2 is 2.08 bits per heavy atom. The van der Waals surface area contributed by atoms with Crippen molar-refractivity contribution in [2.45, 2.75) is 26.5 Å². The lowest BCUT2D eigenvalue weighted by Crippen LogP contribution is -2.45. The van der Waals surface area contributed by atoms with Gasteiger partial charge in [0.1, 0.15) is 0 Å². The lowest BCUT2D eigenvalue weighted by Gasteiger charge is -2.30. The Morgan fingerprint density at radius 3 is 2.92 bits per heavy atom. The number of carbonyl (C=O) groups excluding carboxylic acids is 1. The van der Waals surface area contributed by atoms with E-state index in [1.165, 1.54) is 11.3 Å². The van der Waals surface area contributed by atoms with Crippen LogP contribution in [-0.2, 0) is 33.8 Å². The van der Waals surface area contributed by atoms with Crippen LogP contribution in [0.1, 0.15) is 23.9 Å². The summed E-state index contributed by atoms with van der Waals surface area (Å²) in [5, 5.41) is 7.64. The van der Waals surface area contributed by atoms with Crippen LogP contribution in [0, 0.1) is 11.8 Å². The van der Waals surface area contributed by atoms with Gasteiger partial charge in [-0.15, -0.1) is 0 Å². The number of hydrogen-bond donors (Lipinski definition) is 1. The van der Waals surface area contributed by atoms with Crippen molar-refractivity contribution in [3.8, 4) is 0 Å². The fraction of sp³-hybridized carbons (Fsp3) is 0.765. The number of likely N-dealkylation sites (tertiary alicyclic amines) is 1.